The standard InChI is InChI=1S/C22H26N2O4/c1-3-13-23-21(26)16(2)24-20(25)15-28-22(27)19-12-8-7-11-18(19)14-17-9-5-4-6-10-17/h4-12,16H,3,13-15H2,1-2H3,(H,23,26)(H,24,25)/t16-/m0/s1. The van der Waals surface area contributed by atoms with Gasteiger partial charge in [-0.25, -0.2) is 4.79 Å². The van der Waals surface area contributed by atoms with E-state index in [1.807, 2.05) is 49.4 Å². The molecule has 2 aromatic rings. The molecule has 0 heterocycles. The lowest BCUT2D eigenvalue weighted by molar-refractivity contribution is -0.130. The predicted molar refractivity (Wildman–Crippen MR) is 107 cm³/mol. The first kappa shape index (κ1) is 21.2. The summed E-state index contributed by atoms with van der Waals surface area (Å²) >= 11 is 0. The summed E-state index contributed by atoms with van der Waals surface area (Å²) in [6, 6.07) is 16.3. The maximum absolute atomic E-state index is 12.4. The molecular formula is C22H26N2O4. The fourth-order valence-corrected chi connectivity index (χ4v) is 2.65. The van der Waals surface area contributed by atoms with Gasteiger partial charge in [0.1, 0.15) is 6.04 Å². The van der Waals surface area contributed by atoms with Crippen LogP contribution in [0.25, 0.3) is 0 Å². The number of carbonyl (C=O) groups excluding carboxylic acids is 3. The van der Waals surface area contributed by atoms with Crippen LogP contribution >= 0.6 is 0 Å². The molecule has 2 N–H and O–H groups in total. The summed E-state index contributed by atoms with van der Waals surface area (Å²) in [6.45, 7) is 3.63. The highest BCUT2D eigenvalue weighted by molar-refractivity contribution is 5.93. The Kier molecular flexibility index (Phi) is 8.21. The van der Waals surface area contributed by atoms with E-state index in [1.165, 1.54) is 0 Å². The maximum Gasteiger partial charge on any atom is 0.338 e. The zero-order valence-electron chi connectivity index (χ0n) is 16.2. The largest absolute Gasteiger partial charge is 0.452 e. The van der Waals surface area contributed by atoms with E-state index in [2.05, 4.69) is 10.6 Å². The second-order valence-corrected chi connectivity index (χ2v) is 6.48. The molecular weight excluding hydrogens is 356 g/mol. The average molecular weight is 382 g/mol. The molecule has 0 bridgehead atoms. The number of carbonyl (C=O) groups is 3. The van der Waals surface area contributed by atoms with E-state index in [0.717, 1.165) is 17.5 Å². The third-order valence-corrected chi connectivity index (χ3v) is 4.13. The van der Waals surface area contributed by atoms with Gasteiger partial charge in [-0.2, -0.15) is 0 Å². The van der Waals surface area contributed by atoms with E-state index >= 15 is 0 Å². The normalized spacial score (nSPS) is 11.4. The monoisotopic (exact) mass is 382 g/mol. The molecule has 0 unspecified atom stereocenters. The molecule has 1 atom stereocenters. The van der Waals surface area contributed by atoms with Gasteiger partial charge in [0.25, 0.3) is 5.91 Å². The number of benzene rings is 2. The Morgan fingerprint density at radius 3 is 2.39 bits per heavy atom. The average Bonchev–Trinajstić information content (AvgIpc) is 2.71. The molecule has 0 saturated carbocycles. The first-order chi connectivity index (χ1) is 13.5. The minimum absolute atomic E-state index is 0.269. The first-order valence-corrected chi connectivity index (χ1v) is 9.37. The van der Waals surface area contributed by atoms with Crippen molar-refractivity contribution in [3.63, 3.8) is 0 Å². The minimum Gasteiger partial charge on any atom is -0.452 e. The van der Waals surface area contributed by atoms with Crippen molar-refractivity contribution in [2.75, 3.05) is 13.2 Å². The number of hydrogen-bond acceptors (Lipinski definition) is 4. The molecule has 28 heavy (non-hydrogen) atoms. The van der Waals surface area contributed by atoms with Gasteiger partial charge in [0.2, 0.25) is 5.91 Å². The van der Waals surface area contributed by atoms with Gasteiger partial charge in [-0.1, -0.05) is 55.5 Å². The van der Waals surface area contributed by atoms with E-state index in [1.54, 1.807) is 19.1 Å². The van der Waals surface area contributed by atoms with Crippen LogP contribution in [0.5, 0.6) is 0 Å². The number of amides is 2. The van der Waals surface area contributed by atoms with Gasteiger partial charge in [-0.3, -0.25) is 9.59 Å². The molecule has 0 aliphatic heterocycles. The second-order valence-electron chi connectivity index (χ2n) is 6.48. The summed E-state index contributed by atoms with van der Waals surface area (Å²) < 4.78 is 5.15. The van der Waals surface area contributed by atoms with Crippen molar-refractivity contribution in [1.29, 1.82) is 0 Å². The fourth-order valence-electron chi connectivity index (χ4n) is 2.65. The topological polar surface area (TPSA) is 84.5 Å². The Bertz CT molecular complexity index is 805. The van der Waals surface area contributed by atoms with Gasteiger partial charge >= 0.3 is 5.97 Å². The SMILES string of the molecule is CCCNC(=O)[C@H](C)NC(=O)COC(=O)c1ccccc1Cc1ccccc1. The number of hydrogen-bond donors (Lipinski definition) is 2. The molecule has 2 rings (SSSR count). The van der Waals surface area contributed by atoms with Crippen molar-refractivity contribution in [1.82, 2.24) is 10.6 Å². The summed E-state index contributed by atoms with van der Waals surface area (Å²) in [5.74, 6) is -1.35. The van der Waals surface area contributed by atoms with Crippen molar-refractivity contribution in [2.45, 2.75) is 32.7 Å². The smallest absolute Gasteiger partial charge is 0.338 e. The number of ether oxygens (including phenoxy) is 1. The highest BCUT2D eigenvalue weighted by Gasteiger charge is 2.18. The molecule has 148 valence electrons. The lowest BCUT2D eigenvalue weighted by Crippen LogP contribution is -2.46. The molecule has 0 aromatic heterocycles. The van der Waals surface area contributed by atoms with Crippen LogP contribution in [-0.4, -0.2) is 37.0 Å². The van der Waals surface area contributed by atoms with Crippen LogP contribution in [0.15, 0.2) is 54.6 Å². The lowest BCUT2D eigenvalue weighted by atomic mass is 10.00. The highest BCUT2D eigenvalue weighted by Crippen LogP contribution is 2.15. The van der Waals surface area contributed by atoms with Crippen molar-refractivity contribution in [3.8, 4) is 0 Å². The molecule has 6 nitrogen and oxygen atoms in total. The first-order valence-electron chi connectivity index (χ1n) is 9.37. The quantitative estimate of drug-likeness (QED) is 0.653. The van der Waals surface area contributed by atoms with Crippen molar-refractivity contribution in [2.24, 2.45) is 0 Å². The number of rotatable bonds is 9. The summed E-state index contributed by atoms with van der Waals surface area (Å²) in [6.07, 6.45) is 1.40. The zero-order chi connectivity index (χ0) is 20.4. The molecule has 2 aromatic carbocycles. The maximum atomic E-state index is 12.4. The van der Waals surface area contributed by atoms with Gasteiger partial charge in [-0.05, 0) is 37.0 Å². The number of nitrogens with one attached hydrogen (secondary N) is 2. The molecule has 0 spiro atoms. The summed E-state index contributed by atoms with van der Waals surface area (Å²) in [5, 5.41) is 5.22. The summed E-state index contributed by atoms with van der Waals surface area (Å²) in [5.41, 5.74) is 2.33. The van der Waals surface area contributed by atoms with Crippen LogP contribution < -0.4 is 10.6 Å². The van der Waals surface area contributed by atoms with Gasteiger partial charge < -0.3 is 15.4 Å². The predicted octanol–water partition coefficient (Wildman–Crippen LogP) is 2.47. The van der Waals surface area contributed by atoms with Gasteiger partial charge in [0.15, 0.2) is 6.61 Å². The lowest BCUT2D eigenvalue weighted by Gasteiger charge is -2.14. The Balaban J connectivity index is 1.91. The van der Waals surface area contributed by atoms with Crippen LogP contribution in [0.4, 0.5) is 0 Å². The Labute approximate surface area is 165 Å². The van der Waals surface area contributed by atoms with E-state index in [9.17, 15) is 14.4 Å². The van der Waals surface area contributed by atoms with Crippen molar-refractivity contribution in [3.05, 3.63) is 71.3 Å². The van der Waals surface area contributed by atoms with Crippen molar-refractivity contribution >= 4 is 17.8 Å². The molecule has 0 aliphatic carbocycles. The molecule has 0 radical (unpaired) electrons. The van der Waals surface area contributed by atoms with Gasteiger partial charge in [-0.15, -0.1) is 0 Å². The second kappa shape index (κ2) is 10.9. The van der Waals surface area contributed by atoms with Gasteiger partial charge in [0.05, 0.1) is 5.56 Å². The van der Waals surface area contributed by atoms with E-state index in [4.69, 9.17) is 4.74 Å². The van der Waals surface area contributed by atoms with Crippen LogP contribution in [0.3, 0.4) is 0 Å². The molecule has 0 fully saturated rings. The molecule has 2 amide bonds. The third kappa shape index (κ3) is 6.54. The summed E-state index contributed by atoms with van der Waals surface area (Å²) in [7, 11) is 0. The highest BCUT2D eigenvalue weighted by atomic mass is 16.5. The van der Waals surface area contributed by atoms with Crippen LogP contribution in [0.1, 0.15) is 41.8 Å². The van der Waals surface area contributed by atoms with E-state index in [0.29, 0.717) is 18.5 Å². The summed E-state index contributed by atoms with van der Waals surface area (Å²) in [4.78, 5) is 36.2. The Hall–Kier alpha value is -3.15. The van der Waals surface area contributed by atoms with E-state index < -0.39 is 24.5 Å². The Morgan fingerprint density at radius 1 is 1.00 bits per heavy atom. The van der Waals surface area contributed by atoms with E-state index in [-0.39, 0.29) is 5.91 Å². The fraction of sp³-hybridized carbons (Fsp3) is 0.318. The molecule has 0 saturated heterocycles. The van der Waals surface area contributed by atoms with Crippen LogP contribution in [-0.2, 0) is 20.7 Å². The van der Waals surface area contributed by atoms with Gasteiger partial charge in [0, 0.05) is 6.54 Å². The molecule has 6 heteroatoms. The third-order valence-electron chi connectivity index (χ3n) is 4.13. The van der Waals surface area contributed by atoms with Crippen molar-refractivity contribution < 1.29 is 19.1 Å². The number of esters is 1. The van der Waals surface area contributed by atoms with Crippen LogP contribution in [0, 0.1) is 0 Å². The zero-order valence-corrected chi connectivity index (χ0v) is 16.2. The molecule has 0 aliphatic rings. The minimum atomic E-state index is -0.692. The van der Waals surface area contributed by atoms with Crippen LogP contribution in [0.2, 0.25) is 0 Å². The Morgan fingerprint density at radius 2 is 1.68 bits per heavy atom.